The van der Waals surface area contributed by atoms with Gasteiger partial charge in [-0.25, -0.2) is 4.79 Å². The highest BCUT2D eigenvalue weighted by atomic mass is 16.4. The third kappa shape index (κ3) is 21.7. The number of benzene rings is 1. The summed E-state index contributed by atoms with van der Waals surface area (Å²) in [5, 5.41) is 59.9. The Kier molecular flexibility index (Phi) is 27.1. The molecule has 0 fully saturated rings. The van der Waals surface area contributed by atoms with Gasteiger partial charge in [-0.15, -0.1) is 0 Å². The molecule has 0 radical (unpaired) electrons. The number of H-pyrrole nitrogens is 1. The third-order valence-electron chi connectivity index (χ3n) is 11.3. The fourth-order valence-corrected chi connectivity index (χ4v) is 7.25. The Morgan fingerprint density at radius 2 is 1.01 bits per heavy atom. The highest BCUT2D eigenvalue weighted by Crippen LogP contribution is 2.19. The molecule has 1 aromatic heterocycles. The molecule has 0 aliphatic rings. The van der Waals surface area contributed by atoms with Gasteiger partial charge in [-0.3, -0.25) is 53.1 Å². The molecule has 31 nitrogen and oxygen atoms in total. The van der Waals surface area contributed by atoms with E-state index in [1.165, 1.54) is 6.20 Å². The number of carboxylic acid groups (broad SMARTS) is 1. The number of aromatic nitrogens is 1. The number of nitrogens with one attached hydrogen (secondary N) is 9. The van der Waals surface area contributed by atoms with Gasteiger partial charge in [0.2, 0.25) is 53.2 Å². The van der Waals surface area contributed by atoms with Crippen LogP contribution in [0.2, 0.25) is 0 Å². The van der Waals surface area contributed by atoms with Crippen LogP contribution in [0.4, 0.5) is 0 Å². The number of aliphatic hydroxyl groups is 3. The molecule has 0 bridgehead atoms. The van der Waals surface area contributed by atoms with Crippen molar-refractivity contribution in [2.24, 2.45) is 50.3 Å². The summed E-state index contributed by atoms with van der Waals surface area (Å²) >= 11 is 0. The third-order valence-corrected chi connectivity index (χ3v) is 11.3. The lowest BCUT2D eigenvalue weighted by Crippen LogP contribution is -2.61. The first-order valence-corrected chi connectivity index (χ1v) is 24.0. The van der Waals surface area contributed by atoms with E-state index < -0.39 is 152 Å². The molecular weight excluding hydrogens is 1000 g/mol. The molecule has 2 rings (SSSR count). The van der Waals surface area contributed by atoms with Crippen molar-refractivity contribution in [2.75, 3.05) is 32.8 Å². The number of primary amides is 1. The van der Waals surface area contributed by atoms with Gasteiger partial charge in [-0.1, -0.05) is 32.0 Å². The number of carboxylic acids is 1. The maximum absolute atomic E-state index is 14.2. The molecule has 25 N–H and O–H groups in total. The largest absolute Gasteiger partial charge is 0.480 e. The number of carbonyl (C=O) groups excluding carboxylic acids is 9. The molecule has 1 aromatic carbocycles. The first-order valence-electron chi connectivity index (χ1n) is 24.0. The molecule has 76 heavy (non-hydrogen) atoms. The molecule has 422 valence electrons. The van der Waals surface area contributed by atoms with Gasteiger partial charge in [-0.2, -0.15) is 0 Å². The van der Waals surface area contributed by atoms with E-state index in [4.69, 9.17) is 34.4 Å². The second-order valence-corrected chi connectivity index (χ2v) is 17.8. The van der Waals surface area contributed by atoms with E-state index in [0.717, 1.165) is 6.92 Å². The number of amides is 9. The highest BCUT2D eigenvalue weighted by Gasteiger charge is 2.36. The maximum atomic E-state index is 14.2. The number of carbonyl (C=O) groups is 10. The van der Waals surface area contributed by atoms with Crippen LogP contribution in [0.5, 0.6) is 0 Å². The van der Waals surface area contributed by atoms with Gasteiger partial charge in [0.15, 0.2) is 18.0 Å². The van der Waals surface area contributed by atoms with Crippen molar-refractivity contribution in [1.82, 2.24) is 47.5 Å². The number of para-hydroxylation sites is 1. The van der Waals surface area contributed by atoms with E-state index in [2.05, 4.69) is 57.5 Å². The number of aliphatic hydroxyl groups excluding tert-OH is 3. The minimum absolute atomic E-state index is 0.0200. The van der Waals surface area contributed by atoms with Gasteiger partial charge >= 0.3 is 5.97 Å². The predicted octanol–water partition coefficient (Wildman–Crippen LogP) is -7.97. The van der Waals surface area contributed by atoms with E-state index in [1.807, 2.05) is 0 Å². The van der Waals surface area contributed by atoms with Crippen LogP contribution in [0.1, 0.15) is 64.9 Å². The summed E-state index contributed by atoms with van der Waals surface area (Å²) in [6, 6.07) is -6.06. The highest BCUT2D eigenvalue weighted by molar-refractivity contribution is 5.98. The number of nitrogens with zero attached hydrogens (tertiary/aromatic N) is 2. The van der Waals surface area contributed by atoms with Crippen LogP contribution in [-0.2, 0) is 54.4 Å². The van der Waals surface area contributed by atoms with Gasteiger partial charge in [0, 0.05) is 43.0 Å². The van der Waals surface area contributed by atoms with Gasteiger partial charge < -0.3 is 102 Å². The van der Waals surface area contributed by atoms with E-state index in [1.54, 1.807) is 38.1 Å². The van der Waals surface area contributed by atoms with Crippen LogP contribution in [0.25, 0.3) is 10.9 Å². The fraction of sp³-hybridized carbons (Fsp3) is 0.556. The van der Waals surface area contributed by atoms with Crippen molar-refractivity contribution in [3.8, 4) is 0 Å². The number of aliphatic carboxylic acids is 1. The lowest BCUT2D eigenvalue weighted by Gasteiger charge is -2.28. The molecule has 2 aromatic rings. The lowest BCUT2D eigenvalue weighted by molar-refractivity contribution is -0.145. The molecule has 9 amide bonds. The smallest absolute Gasteiger partial charge is 0.328 e. The standard InChI is InChI=1S/C45H73N17O14/c1-21(2)34(61-33(67)17-46)42(74)57-26(10-6-14-52-44(48)49)36(68)59-31(20-64)41(73)58-29(16-23-18-54-25-9-5-4-8-24(23)25)39(71)60-30(19-63)40(72)56-28(12-13-32(47)66)37(69)55-27(11-7-15-53-45(50)51)38(70)62-35(22(3)65)43(75)76/h4-5,8-9,18,21-22,26-31,34-35,54,63-65H,6-7,10-17,19-20,46H2,1-3H3,(H2,47,66)(H,55,69)(H,56,72)(H,57,74)(H,58,73)(H,59,68)(H,60,71)(H,61,67)(H,62,70)(H,75,76)(H4,48,49,52)(H4,50,51,53)/t22-,26+,27+,28+,29+,30+,31+,34+,35+/m1/s1. The number of nitrogens with two attached hydrogens (primary N) is 6. The minimum Gasteiger partial charge on any atom is -0.480 e. The summed E-state index contributed by atoms with van der Waals surface area (Å²) in [5.41, 5.74) is 33.4. The summed E-state index contributed by atoms with van der Waals surface area (Å²) < 4.78 is 0. The van der Waals surface area contributed by atoms with E-state index in [0.29, 0.717) is 16.5 Å². The summed E-state index contributed by atoms with van der Waals surface area (Å²) in [5.74, 6) is -11.6. The Hall–Kier alpha value is -8.16. The minimum atomic E-state index is -1.89. The zero-order valence-electron chi connectivity index (χ0n) is 42.4. The number of hydrogen-bond donors (Lipinski definition) is 19. The SMILES string of the molecule is CC(C)[C@H](NC(=O)CN)C(=O)N[C@@H](CCCN=C(N)N)C(=O)N[C@@H](CO)C(=O)N[C@@H](Cc1c[nH]c2ccccc12)C(=O)N[C@@H](CO)C(=O)N[C@@H](CCC(N)=O)C(=O)N[C@@H](CCCN=C(N)N)C(=O)N[C@H](C(=O)O)[C@@H](C)O. The molecule has 0 saturated heterocycles. The van der Waals surface area contributed by atoms with E-state index in [-0.39, 0.29) is 57.1 Å². The van der Waals surface area contributed by atoms with Crippen molar-refractivity contribution in [3.05, 3.63) is 36.0 Å². The summed E-state index contributed by atoms with van der Waals surface area (Å²) in [7, 11) is 0. The van der Waals surface area contributed by atoms with Crippen LogP contribution in [0.15, 0.2) is 40.4 Å². The Balaban J connectivity index is 2.48. The first kappa shape index (κ1) is 64.0. The normalized spacial score (nSPS) is 14.6. The number of aliphatic imine (C=N–C) groups is 2. The topological polar surface area (TPSA) is 544 Å². The monoisotopic (exact) mass is 1080 g/mol. The summed E-state index contributed by atoms with van der Waals surface area (Å²) in [6.45, 7) is 1.73. The zero-order chi connectivity index (χ0) is 57.2. The molecule has 0 unspecified atom stereocenters. The molecule has 0 aliphatic heterocycles. The second-order valence-electron chi connectivity index (χ2n) is 17.8. The Morgan fingerprint density at radius 1 is 0.579 bits per heavy atom. The van der Waals surface area contributed by atoms with Crippen molar-refractivity contribution >= 4 is 82.0 Å². The molecule has 0 saturated carbocycles. The van der Waals surface area contributed by atoms with Crippen molar-refractivity contribution in [3.63, 3.8) is 0 Å². The van der Waals surface area contributed by atoms with Gasteiger partial charge in [0.05, 0.1) is 25.9 Å². The quantitative estimate of drug-likeness (QED) is 0.0176. The number of fused-ring (bicyclic) bond motifs is 1. The number of rotatable bonds is 34. The van der Waals surface area contributed by atoms with Crippen LogP contribution < -0.4 is 76.9 Å². The number of aromatic amines is 1. The van der Waals surface area contributed by atoms with Gasteiger partial charge in [0.25, 0.3) is 0 Å². The molecular formula is C45H73N17O14. The molecule has 0 aliphatic carbocycles. The first-order chi connectivity index (χ1) is 35.8. The van der Waals surface area contributed by atoms with Crippen molar-refractivity contribution in [2.45, 2.75) is 120 Å². The second kappa shape index (κ2) is 32.2. The average molecular weight is 1080 g/mol. The predicted molar refractivity (Wildman–Crippen MR) is 273 cm³/mol. The van der Waals surface area contributed by atoms with Gasteiger partial charge in [-0.05, 0) is 56.6 Å². The number of guanidine groups is 2. The van der Waals surface area contributed by atoms with Gasteiger partial charge in [0.1, 0.15) is 42.3 Å². The Labute approximate surface area is 436 Å². The summed E-state index contributed by atoms with van der Waals surface area (Å²) in [4.78, 5) is 143. The van der Waals surface area contributed by atoms with E-state index in [9.17, 15) is 68.4 Å². The molecule has 1 heterocycles. The van der Waals surface area contributed by atoms with Crippen LogP contribution in [-0.4, -0.2) is 184 Å². The molecule has 9 atom stereocenters. The Bertz CT molecular complexity index is 2390. The maximum Gasteiger partial charge on any atom is 0.328 e. The fourth-order valence-electron chi connectivity index (χ4n) is 7.25. The lowest BCUT2D eigenvalue weighted by atomic mass is 10.0. The van der Waals surface area contributed by atoms with E-state index >= 15 is 0 Å². The van der Waals surface area contributed by atoms with Crippen LogP contribution in [0, 0.1) is 5.92 Å². The molecule has 0 spiro atoms. The van der Waals surface area contributed by atoms with Crippen molar-refractivity contribution < 1.29 is 68.4 Å². The summed E-state index contributed by atoms with van der Waals surface area (Å²) in [6.07, 6.45) is -1.53. The number of hydrogen-bond acceptors (Lipinski definition) is 16. The van der Waals surface area contributed by atoms with Crippen LogP contribution in [0.3, 0.4) is 0 Å². The van der Waals surface area contributed by atoms with Crippen LogP contribution >= 0.6 is 0 Å². The average Bonchev–Trinajstić information content (AvgIpc) is 3.77. The molecule has 31 heteroatoms. The van der Waals surface area contributed by atoms with Crippen molar-refractivity contribution in [1.29, 1.82) is 0 Å². The zero-order valence-corrected chi connectivity index (χ0v) is 42.4. The Morgan fingerprint density at radius 3 is 1.46 bits per heavy atom.